The van der Waals surface area contributed by atoms with Crippen LogP contribution in [-0.4, -0.2) is 38.0 Å². The number of likely N-dealkylation sites (tertiary alicyclic amines) is 1. The van der Waals surface area contributed by atoms with Crippen molar-refractivity contribution in [3.8, 4) is 11.5 Å². The summed E-state index contributed by atoms with van der Waals surface area (Å²) in [5, 5.41) is 3.48. The molecular weight excluding hydrogens is 364 g/mol. The van der Waals surface area contributed by atoms with Crippen molar-refractivity contribution < 1.29 is 14.3 Å². The van der Waals surface area contributed by atoms with Gasteiger partial charge < -0.3 is 19.6 Å². The minimum absolute atomic E-state index is 0.0826. The van der Waals surface area contributed by atoms with Crippen molar-refractivity contribution in [1.82, 2.24) is 4.90 Å². The summed E-state index contributed by atoms with van der Waals surface area (Å²) in [6.45, 7) is 1.78. The van der Waals surface area contributed by atoms with Crippen molar-refractivity contribution in [1.29, 1.82) is 0 Å². The molecule has 1 saturated heterocycles. The molecule has 2 aromatic rings. The quantitative estimate of drug-likeness (QED) is 0.738. The van der Waals surface area contributed by atoms with Crippen LogP contribution in [0, 0.1) is 0 Å². The third kappa shape index (κ3) is 3.97. The SMILES string of the molecule is COc1cccc(OC)c1C1CCCC(C=O)N1Cc1ccc2c(c1)CCCN2. The van der Waals surface area contributed by atoms with Gasteiger partial charge in [0.15, 0.2) is 0 Å². The molecule has 1 fully saturated rings. The maximum Gasteiger partial charge on any atom is 0.137 e. The maximum absolute atomic E-state index is 12.0. The number of carbonyl (C=O) groups excluding carboxylic acids is 1. The number of fused-ring (bicyclic) bond motifs is 1. The number of benzene rings is 2. The summed E-state index contributed by atoms with van der Waals surface area (Å²) in [7, 11) is 3.39. The van der Waals surface area contributed by atoms with E-state index in [1.165, 1.54) is 16.8 Å². The van der Waals surface area contributed by atoms with Crippen molar-refractivity contribution in [3.63, 3.8) is 0 Å². The molecule has 4 rings (SSSR count). The van der Waals surface area contributed by atoms with Crippen LogP contribution in [0.4, 0.5) is 5.69 Å². The highest BCUT2D eigenvalue weighted by atomic mass is 16.5. The first kappa shape index (κ1) is 19.8. The van der Waals surface area contributed by atoms with E-state index >= 15 is 0 Å². The average Bonchev–Trinajstić information content (AvgIpc) is 2.78. The van der Waals surface area contributed by atoms with Gasteiger partial charge in [0.1, 0.15) is 17.8 Å². The number of ether oxygens (including phenoxy) is 2. The van der Waals surface area contributed by atoms with E-state index in [0.717, 1.165) is 68.5 Å². The molecule has 0 spiro atoms. The molecule has 0 amide bonds. The topological polar surface area (TPSA) is 50.8 Å². The molecule has 154 valence electrons. The largest absolute Gasteiger partial charge is 0.496 e. The minimum atomic E-state index is -0.0995. The van der Waals surface area contributed by atoms with E-state index in [1.807, 2.05) is 18.2 Å². The standard InChI is InChI=1S/C24H30N2O3/c1-28-22-9-4-10-23(29-2)24(22)21-8-3-7-19(16-27)26(21)15-17-11-12-20-18(14-17)6-5-13-25-20/h4,9-12,14,16,19,21,25H,3,5-8,13,15H2,1-2H3. The second-order valence-electron chi connectivity index (χ2n) is 7.92. The van der Waals surface area contributed by atoms with Crippen LogP contribution in [0.25, 0.3) is 0 Å². The summed E-state index contributed by atoms with van der Waals surface area (Å²) in [6.07, 6.45) is 6.26. The number of anilines is 1. The van der Waals surface area contributed by atoms with E-state index in [0.29, 0.717) is 0 Å². The molecule has 2 aliphatic rings. The molecule has 0 bridgehead atoms. The molecular formula is C24H30N2O3. The molecule has 2 atom stereocenters. The lowest BCUT2D eigenvalue weighted by Gasteiger charge is -2.41. The van der Waals surface area contributed by atoms with Gasteiger partial charge in [-0.05, 0) is 61.4 Å². The minimum Gasteiger partial charge on any atom is -0.496 e. The van der Waals surface area contributed by atoms with Gasteiger partial charge >= 0.3 is 0 Å². The predicted octanol–water partition coefficient (Wildman–Crippen LogP) is 4.36. The number of nitrogens with zero attached hydrogens (tertiary/aromatic N) is 1. The summed E-state index contributed by atoms with van der Waals surface area (Å²) in [6, 6.07) is 12.6. The zero-order valence-electron chi connectivity index (χ0n) is 17.3. The van der Waals surface area contributed by atoms with Gasteiger partial charge in [-0.2, -0.15) is 0 Å². The number of piperidine rings is 1. The van der Waals surface area contributed by atoms with Gasteiger partial charge in [-0.1, -0.05) is 18.2 Å². The zero-order chi connectivity index (χ0) is 20.2. The lowest BCUT2D eigenvalue weighted by Crippen LogP contribution is -2.42. The molecule has 2 heterocycles. The summed E-state index contributed by atoms with van der Waals surface area (Å²) >= 11 is 0. The molecule has 5 heteroatoms. The summed E-state index contributed by atoms with van der Waals surface area (Å²) in [5.74, 6) is 1.64. The van der Waals surface area contributed by atoms with Crippen molar-refractivity contribution in [2.45, 2.75) is 50.7 Å². The lowest BCUT2D eigenvalue weighted by molar-refractivity contribution is -0.115. The highest BCUT2D eigenvalue weighted by Gasteiger charge is 2.35. The Morgan fingerprint density at radius 1 is 1.10 bits per heavy atom. The van der Waals surface area contributed by atoms with Gasteiger partial charge in [0, 0.05) is 24.8 Å². The van der Waals surface area contributed by atoms with Crippen molar-refractivity contribution >= 4 is 12.0 Å². The zero-order valence-corrected chi connectivity index (χ0v) is 17.3. The molecule has 29 heavy (non-hydrogen) atoms. The Kier molecular flexibility index (Phi) is 6.05. The number of methoxy groups -OCH3 is 2. The van der Waals surface area contributed by atoms with Gasteiger partial charge in [-0.3, -0.25) is 4.90 Å². The number of rotatable bonds is 6. The van der Waals surface area contributed by atoms with E-state index in [1.54, 1.807) is 14.2 Å². The fourth-order valence-corrected chi connectivity index (χ4v) is 4.81. The average molecular weight is 395 g/mol. The molecule has 2 aliphatic heterocycles. The van der Waals surface area contributed by atoms with Crippen LogP contribution < -0.4 is 14.8 Å². The van der Waals surface area contributed by atoms with Crippen LogP contribution in [0.2, 0.25) is 0 Å². The number of hydrogen-bond acceptors (Lipinski definition) is 5. The van der Waals surface area contributed by atoms with Crippen LogP contribution in [0.5, 0.6) is 11.5 Å². The molecule has 0 aliphatic carbocycles. The highest BCUT2D eigenvalue weighted by molar-refractivity contribution is 5.59. The Morgan fingerprint density at radius 3 is 2.62 bits per heavy atom. The van der Waals surface area contributed by atoms with Crippen LogP contribution in [-0.2, 0) is 17.8 Å². The van der Waals surface area contributed by atoms with E-state index in [-0.39, 0.29) is 12.1 Å². The molecule has 1 N–H and O–H groups in total. The molecule has 5 nitrogen and oxygen atoms in total. The highest BCUT2D eigenvalue weighted by Crippen LogP contribution is 2.43. The Labute approximate surface area is 173 Å². The Hall–Kier alpha value is -2.53. The summed E-state index contributed by atoms with van der Waals surface area (Å²) < 4.78 is 11.4. The Bertz CT molecular complexity index is 845. The van der Waals surface area contributed by atoms with E-state index in [4.69, 9.17) is 9.47 Å². The summed E-state index contributed by atoms with van der Waals surface area (Å²) in [4.78, 5) is 14.3. The first-order chi connectivity index (χ1) is 14.2. The van der Waals surface area contributed by atoms with Gasteiger partial charge in [-0.25, -0.2) is 0 Å². The monoisotopic (exact) mass is 394 g/mol. The molecule has 0 radical (unpaired) electrons. The summed E-state index contributed by atoms with van der Waals surface area (Å²) in [5.41, 5.74) is 4.91. The lowest BCUT2D eigenvalue weighted by atomic mass is 9.89. The van der Waals surface area contributed by atoms with Crippen LogP contribution in [0.15, 0.2) is 36.4 Å². The third-order valence-corrected chi connectivity index (χ3v) is 6.23. The first-order valence-corrected chi connectivity index (χ1v) is 10.5. The van der Waals surface area contributed by atoms with Crippen LogP contribution >= 0.6 is 0 Å². The maximum atomic E-state index is 12.0. The Balaban J connectivity index is 1.70. The number of hydrogen-bond donors (Lipinski definition) is 1. The van der Waals surface area contributed by atoms with Crippen LogP contribution in [0.3, 0.4) is 0 Å². The number of nitrogens with one attached hydrogen (secondary N) is 1. The molecule has 0 aromatic heterocycles. The van der Waals surface area contributed by atoms with Gasteiger partial charge in [0.25, 0.3) is 0 Å². The second kappa shape index (κ2) is 8.87. The van der Waals surface area contributed by atoms with Crippen LogP contribution in [0.1, 0.15) is 48.4 Å². The molecule has 0 saturated carbocycles. The van der Waals surface area contributed by atoms with Crippen molar-refractivity contribution in [2.24, 2.45) is 0 Å². The smallest absolute Gasteiger partial charge is 0.137 e. The van der Waals surface area contributed by atoms with Crippen molar-refractivity contribution in [3.05, 3.63) is 53.1 Å². The van der Waals surface area contributed by atoms with Gasteiger partial charge in [0.2, 0.25) is 0 Å². The molecule has 2 aromatic carbocycles. The van der Waals surface area contributed by atoms with Gasteiger partial charge in [-0.15, -0.1) is 0 Å². The second-order valence-corrected chi connectivity index (χ2v) is 7.92. The van der Waals surface area contributed by atoms with E-state index in [9.17, 15) is 4.79 Å². The fourth-order valence-electron chi connectivity index (χ4n) is 4.81. The van der Waals surface area contributed by atoms with Crippen molar-refractivity contribution in [2.75, 3.05) is 26.1 Å². The molecule has 2 unspecified atom stereocenters. The number of aldehydes is 1. The number of aryl methyl sites for hydroxylation is 1. The number of carbonyl (C=O) groups is 1. The fraction of sp³-hybridized carbons (Fsp3) is 0.458. The normalized spacial score (nSPS) is 21.7. The Morgan fingerprint density at radius 2 is 1.90 bits per heavy atom. The van der Waals surface area contributed by atoms with E-state index in [2.05, 4.69) is 28.4 Å². The van der Waals surface area contributed by atoms with Gasteiger partial charge in [0.05, 0.1) is 25.8 Å². The predicted molar refractivity (Wildman–Crippen MR) is 115 cm³/mol. The van der Waals surface area contributed by atoms with E-state index < -0.39 is 0 Å². The first-order valence-electron chi connectivity index (χ1n) is 10.5. The third-order valence-electron chi connectivity index (χ3n) is 6.23.